The van der Waals surface area contributed by atoms with Crippen molar-refractivity contribution in [2.45, 2.75) is 19.4 Å². The molecule has 0 amide bonds. The Morgan fingerprint density at radius 3 is 2.95 bits per heavy atom. The van der Waals surface area contributed by atoms with Gasteiger partial charge in [-0.3, -0.25) is 4.90 Å². The molecule has 1 saturated heterocycles. The molecule has 1 aliphatic heterocycles. The molecule has 0 aliphatic carbocycles. The lowest BCUT2D eigenvalue weighted by Gasteiger charge is -2.24. The monoisotopic (exact) mass is 312 g/mol. The third-order valence-electron chi connectivity index (χ3n) is 3.48. The molecule has 0 radical (unpaired) electrons. The molecule has 1 fully saturated rings. The van der Waals surface area contributed by atoms with Crippen molar-refractivity contribution >= 4 is 23.2 Å². The average molecular weight is 313 g/mol. The van der Waals surface area contributed by atoms with E-state index in [9.17, 15) is 0 Å². The van der Waals surface area contributed by atoms with Gasteiger partial charge in [0.25, 0.3) is 0 Å². The SMILES string of the molecule is N#CCCN(Cc1cc(Cl)ccc1Cl)C[C@H]1CCOC1. The Labute approximate surface area is 130 Å². The van der Waals surface area contributed by atoms with Gasteiger partial charge in [-0.25, -0.2) is 0 Å². The molecule has 5 heteroatoms. The summed E-state index contributed by atoms with van der Waals surface area (Å²) < 4.78 is 5.42. The quantitative estimate of drug-likeness (QED) is 0.802. The molecule has 1 atom stereocenters. The fourth-order valence-electron chi connectivity index (χ4n) is 2.44. The maximum atomic E-state index is 8.79. The van der Waals surface area contributed by atoms with Crippen LogP contribution in [0.5, 0.6) is 0 Å². The van der Waals surface area contributed by atoms with Gasteiger partial charge in [0.2, 0.25) is 0 Å². The van der Waals surface area contributed by atoms with Crippen molar-refractivity contribution in [2.75, 3.05) is 26.3 Å². The summed E-state index contributed by atoms with van der Waals surface area (Å²) >= 11 is 12.2. The zero-order chi connectivity index (χ0) is 14.4. The number of hydrogen-bond acceptors (Lipinski definition) is 3. The Kier molecular flexibility index (Phi) is 6.12. The first-order chi connectivity index (χ1) is 9.69. The minimum Gasteiger partial charge on any atom is -0.381 e. The van der Waals surface area contributed by atoms with E-state index in [1.165, 1.54) is 0 Å². The first-order valence-electron chi connectivity index (χ1n) is 6.80. The zero-order valence-corrected chi connectivity index (χ0v) is 12.8. The molecule has 0 saturated carbocycles. The summed E-state index contributed by atoms with van der Waals surface area (Å²) in [4.78, 5) is 2.26. The van der Waals surface area contributed by atoms with Gasteiger partial charge >= 0.3 is 0 Å². The predicted molar refractivity (Wildman–Crippen MR) is 80.9 cm³/mol. The van der Waals surface area contributed by atoms with E-state index in [1.807, 2.05) is 12.1 Å². The molecule has 0 spiro atoms. The van der Waals surface area contributed by atoms with Gasteiger partial charge in [-0.15, -0.1) is 0 Å². The summed E-state index contributed by atoms with van der Waals surface area (Å²) in [6.45, 7) is 4.05. The smallest absolute Gasteiger partial charge is 0.0635 e. The lowest BCUT2D eigenvalue weighted by atomic mass is 10.1. The van der Waals surface area contributed by atoms with E-state index in [2.05, 4.69) is 11.0 Å². The van der Waals surface area contributed by atoms with E-state index in [1.54, 1.807) is 6.07 Å². The Bertz CT molecular complexity index is 481. The Morgan fingerprint density at radius 2 is 2.25 bits per heavy atom. The molecule has 0 N–H and O–H groups in total. The first kappa shape index (κ1) is 15.6. The van der Waals surface area contributed by atoms with E-state index < -0.39 is 0 Å². The van der Waals surface area contributed by atoms with Crippen LogP contribution in [-0.4, -0.2) is 31.2 Å². The van der Waals surface area contributed by atoms with Crippen LogP contribution >= 0.6 is 23.2 Å². The summed E-state index contributed by atoms with van der Waals surface area (Å²) in [6, 6.07) is 7.71. The van der Waals surface area contributed by atoms with Gasteiger partial charge < -0.3 is 4.74 Å². The van der Waals surface area contributed by atoms with Crippen LogP contribution in [0.4, 0.5) is 0 Å². The number of hydrogen-bond donors (Lipinski definition) is 0. The van der Waals surface area contributed by atoms with E-state index in [0.29, 0.717) is 17.4 Å². The van der Waals surface area contributed by atoms with Crippen LogP contribution in [0, 0.1) is 17.2 Å². The number of rotatable bonds is 6. The molecule has 0 aromatic heterocycles. The van der Waals surface area contributed by atoms with Crippen LogP contribution in [-0.2, 0) is 11.3 Å². The number of nitriles is 1. The summed E-state index contributed by atoms with van der Waals surface area (Å²) in [5.74, 6) is 0.548. The number of ether oxygens (including phenoxy) is 1. The number of nitrogens with zero attached hydrogens (tertiary/aromatic N) is 2. The second-order valence-corrected chi connectivity index (χ2v) is 5.95. The molecule has 0 bridgehead atoms. The van der Waals surface area contributed by atoms with Gasteiger partial charge in [0.15, 0.2) is 0 Å². The van der Waals surface area contributed by atoms with Gasteiger partial charge in [0.1, 0.15) is 0 Å². The van der Waals surface area contributed by atoms with Crippen molar-refractivity contribution in [2.24, 2.45) is 5.92 Å². The van der Waals surface area contributed by atoms with Crippen LogP contribution < -0.4 is 0 Å². The third-order valence-corrected chi connectivity index (χ3v) is 4.09. The van der Waals surface area contributed by atoms with Crippen LogP contribution in [0.2, 0.25) is 10.0 Å². The summed E-state index contributed by atoms with van der Waals surface area (Å²) in [5, 5.41) is 10.2. The zero-order valence-electron chi connectivity index (χ0n) is 11.3. The third kappa shape index (κ3) is 4.64. The Morgan fingerprint density at radius 1 is 1.40 bits per heavy atom. The van der Waals surface area contributed by atoms with E-state index in [4.69, 9.17) is 33.2 Å². The molecule has 1 aliphatic rings. The molecular weight excluding hydrogens is 295 g/mol. The molecule has 1 aromatic rings. The van der Waals surface area contributed by atoms with Crippen LogP contribution in [0.3, 0.4) is 0 Å². The molecule has 20 heavy (non-hydrogen) atoms. The van der Waals surface area contributed by atoms with Gasteiger partial charge in [-0.2, -0.15) is 5.26 Å². The van der Waals surface area contributed by atoms with Crippen molar-refractivity contribution in [3.8, 4) is 6.07 Å². The van der Waals surface area contributed by atoms with Crippen LogP contribution in [0.1, 0.15) is 18.4 Å². The highest BCUT2D eigenvalue weighted by molar-refractivity contribution is 6.33. The Balaban J connectivity index is 2.01. The van der Waals surface area contributed by atoms with Crippen molar-refractivity contribution in [1.29, 1.82) is 5.26 Å². The second-order valence-electron chi connectivity index (χ2n) is 5.11. The van der Waals surface area contributed by atoms with Crippen molar-refractivity contribution in [1.82, 2.24) is 4.90 Å². The highest BCUT2D eigenvalue weighted by atomic mass is 35.5. The van der Waals surface area contributed by atoms with Crippen LogP contribution in [0.25, 0.3) is 0 Å². The van der Waals surface area contributed by atoms with Gasteiger partial charge in [-0.1, -0.05) is 23.2 Å². The molecule has 1 aromatic carbocycles. The van der Waals surface area contributed by atoms with E-state index in [0.717, 1.165) is 49.9 Å². The minimum atomic E-state index is 0.520. The molecular formula is C15H18Cl2N2O. The highest BCUT2D eigenvalue weighted by Gasteiger charge is 2.19. The van der Waals surface area contributed by atoms with Crippen molar-refractivity contribution in [3.63, 3.8) is 0 Å². The first-order valence-corrected chi connectivity index (χ1v) is 7.55. The topological polar surface area (TPSA) is 36.3 Å². The normalized spacial score (nSPS) is 18.4. The highest BCUT2D eigenvalue weighted by Crippen LogP contribution is 2.23. The van der Waals surface area contributed by atoms with Crippen LogP contribution in [0.15, 0.2) is 18.2 Å². The summed E-state index contributed by atoms with van der Waals surface area (Å²) in [6.07, 6.45) is 1.61. The number of halogens is 2. The lowest BCUT2D eigenvalue weighted by molar-refractivity contribution is 0.165. The summed E-state index contributed by atoms with van der Waals surface area (Å²) in [5.41, 5.74) is 1.01. The molecule has 108 valence electrons. The van der Waals surface area contributed by atoms with E-state index >= 15 is 0 Å². The van der Waals surface area contributed by atoms with Crippen molar-refractivity contribution < 1.29 is 4.74 Å². The predicted octanol–water partition coefficient (Wildman–Crippen LogP) is 3.75. The molecule has 2 rings (SSSR count). The largest absolute Gasteiger partial charge is 0.381 e. The minimum absolute atomic E-state index is 0.520. The molecule has 1 heterocycles. The lowest BCUT2D eigenvalue weighted by Crippen LogP contribution is -2.30. The van der Waals surface area contributed by atoms with Gasteiger partial charge in [-0.05, 0) is 36.1 Å². The van der Waals surface area contributed by atoms with E-state index in [-0.39, 0.29) is 0 Å². The summed E-state index contributed by atoms with van der Waals surface area (Å²) in [7, 11) is 0. The Hall–Kier alpha value is -0.790. The fourth-order valence-corrected chi connectivity index (χ4v) is 2.81. The fraction of sp³-hybridized carbons (Fsp3) is 0.533. The molecule has 0 unspecified atom stereocenters. The van der Waals surface area contributed by atoms with Crippen molar-refractivity contribution in [3.05, 3.63) is 33.8 Å². The molecule has 3 nitrogen and oxygen atoms in total. The average Bonchev–Trinajstić information content (AvgIpc) is 2.93. The standard InChI is InChI=1S/C15H18Cl2N2O/c16-14-2-3-15(17)13(8-14)10-19(6-1-5-18)9-12-4-7-20-11-12/h2-3,8,12H,1,4,6-7,9-11H2/t12-/m1/s1. The van der Waals surface area contributed by atoms with Gasteiger partial charge in [0.05, 0.1) is 12.7 Å². The number of benzene rings is 1. The maximum Gasteiger partial charge on any atom is 0.0635 e. The van der Waals surface area contributed by atoms with Gasteiger partial charge in [0, 0.05) is 42.7 Å². The second kappa shape index (κ2) is 7.85. The maximum absolute atomic E-state index is 8.79.